The van der Waals surface area contributed by atoms with E-state index in [0.717, 1.165) is 22.3 Å². The molecule has 1 heterocycles. The van der Waals surface area contributed by atoms with Crippen LogP contribution in [0.5, 0.6) is 0 Å². The van der Waals surface area contributed by atoms with Crippen molar-refractivity contribution in [3.8, 4) is 0 Å². The van der Waals surface area contributed by atoms with Gasteiger partial charge in [-0.05, 0) is 34.4 Å². The van der Waals surface area contributed by atoms with Gasteiger partial charge in [-0.25, -0.2) is 0 Å². The van der Waals surface area contributed by atoms with Crippen molar-refractivity contribution in [3.63, 3.8) is 0 Å². The molecule has 2 aromatic carbocycles. The van der Waals surface area contributed by atoms with Gasteiger partial charge in [0.1, 0.15) is 0 Å². The SMILES string of the molecule is O=C(NCc1ccc(CO)cc1)c1ccc2c(c1)COC2. The number of hydrogen-bond acceptors (Lipinski definition) is 3. The highest BCUT2D eigenvalue weighted by Crippen LogP contribution is 2.20. The first kappa shape index (κ1) is 13.8. The van der Waals surface area contributed by atoms with E-state index in [-0.39, 0.29) is 12.5 Å². The van der Waals surface area contributed by atoms with Crippen molar-refractivity contribution in [1.82, 2.24) is 5.32 Å². The summed E-state index contributed by atoms with van der Waals surface area (Å²) in [6.07, 6.45) is 0. The summed E-state index contributed by atoms with van der Waals surface area (Å²) in [7, 11) is 0. The average molecular weight is 283 g/mol. The summed E-state index contributed by atoms with van der Waals surface area (Å²) >= 11 is 0. The van der Waals surface area contributed by atoms with Gasteiger partial charge < -0.3 is 15.2 Å². The van der Waals surface area contributed by atoms with Crippen molar-refractivity contribution in [1.29, 1.82) is 0 Å². The van der Waals surface area contributed by atoms with Crippen molar-refractivity contribution < 1.29 is 14.6 Å². The summed E-state index contributed by atoms with van der Waals surface area (Å²) < 4.78 is 5.35. The van der Waals surface area contributed by atoms with E-state index < -0.39 is 0 Å². The third-order valence-electron chi connectivity index (χ3n) is 3.64. The first-order valence-electron chi connectivity index (χ1n) is 6.92. The molecule has 4 nitrogen and oxygen atoms in total. The van der Waals surface area contributed by atoms with Crippen LogP contribution in [0.1, 0.15) is 32.6 Å². The first-order valence-corrected chi connectivity index (χ1v) is 6.92. The smallest absolute Gasteiger partial charge is 0.251 e. The number of nitrogens with one attached hydrogen (secondary N) is 1. The fourth-order valence-corrected chi connectivity index (χ4v) is 2.36. The molecule has 0 aliphatic carbocycles. The minimum atomic E-state index is -0.0871. The van der Waals surface area contributed by atoms with Crippen LogP contribution in [0.4, 0.5) is 0 Å². The van der Waals surface area contributed by atoms with Gasteiger partial charge in [0.2, 0.25) is 0 Å². The quantitative estimate of drug-likeness (QED) is 0.904. The Hall–Kier alpha value is -2.17. The van der Waals surface area contributed by atoms with E-state index in [9.17, 15) is 4.79 Å². The molecule has 3 rings (SSSR count). The third-order valence-corrected chi connectivity index (χ3v) is 3.64. The molecular formula is C17H17NO3. The molecule has 2 aromatic rings. The van der Waals surface area contributed by atoms with Crippen molar-refractivity contribution in [3.05, 3.63) is 70.3 Å². The highest BCUT2D eigenvalue weighted by molar-refractivity contribution is 5.94. The molecular weight excluding hydrogens is 266 g/mol. The van der Waals surface area contributed by atoms with Gasteiger partial charge >= 0.3 is 0 Å². The molecule has 0 atom stereocenters. The lowest BCUT2D eigenvalue weighted by Gasteiger charge is -2.07. The Labute approximate surface area is 123 Å². The Balaban J connectivity index is 1.63. The van der Waals surface area contributed by atoms with Crippen LogP contribution in [0, 0.1) is 0 Å². The van der Waals surface area contributed by atoms with Crippen LogP contribution < -0.4 is 5.32 Å². The van der Waals surface area contributed by atoms with Gasteiger partial charge in [0.05, 0.1) is 19.8 Å². The number of benzene rings is 2. The molecule has 1 amide bonds. The van der Waals surface area contributed by atoms with Crippen molar-refractivity contribution in [2.24, 2.45) is 0 Å². The van der Waals surface area contributed by atoms with Gasteiger partial charge in [-0.1, -0.05) is 30.3 Å². The predicted octanol–water partition coefficient (Wildman–Crippen LogP) is 2.14. The van der Waals surface area contributed by atoms with Crippen LogP contribution in [0.15, 0.2) is 42.5 Å². The molecule has 1 aliphatic heterocycles. The van der Waals surface area contributed by atoms with Gasteiger partial charge in [0, 0.05) is 12.1 Å². The molecule has 2 N–H and O–H groups in total. The summed E-state index contributed by atoms with van der Waals surface area (Å²) in [4.78, 5) is 12.1. The summed E-state index contributed by atoms with van der Waals surface area (Å²) in [5.74, 6) is -0.0871. The van der Waals surface area contributed by atoms with Crippen molar-refractivity contribution >= 4 is 5.91 Å². The Kier molecular flexibility index (Phi) is 3.99. The van der Waals surface area contributed by atoms with E-state index in [2.05, 4.69) is 5.32 Å². The van der Waals surface area contributed by atoms with E-state index in [4.69, 9.17) is 9.84 Å². The van der Waals surface area contributed by atoms with Gasteiger partial charge in [0.15, 0.2) is 0 Å². The predicted molar refractivity (Wildman–Crippen MR) is 78.5 cm³/mol. The summed E-state index contributed by atoms with van der Waals surface area (Å²) in [5, 5.41) is 11.9. The maximum atomic E-state index is 12.1. The molecule has 0 aromatic heterocycles. The molecule has 0 spiro atoms. The molecule has 0 saturated carbocycles. The monoisotopic (exact) mass is 283 g/mol. The summed E-state index contributed by atoms with van der Waals surface area (Å²) in [6, 6.07) is 13.2. The topological polar surface area (TPSA) is 58.6 Å². The van der Waals surface area contributed by atoms with E-state index in [0.29, 0.717) is 25.3 Å². The molecule has 0 unspecified atom stereocenters. The Morgan fingerprint density at radius 3 is 2.52 bits per heavy atom. The number of rotatable bonds is 4. The molecule has 1 aliphatic rings. The molecule has 0 fully saturated rings. The largest absolute Gasteiger partial charge is 0.392 e. The number of aliphatic hydroxyl groups excluding tert-OH is 1. The second-order valence-corrected chi connectivity index (χ2v) is 5.13. The van der Waals surface area contributed by atoms with Crippen molar-refractivity contribution in [2.45, 2.75) is 26.4 Å². The molecule has 0 bridgehead atoms. The normalized spacial score (nSPS) is 13.0. The molecule has 4 heteroatoms. The number of ether oxygens (including phenoxy) is 1. The minimum Gasteiger partial charge on any atom is -0.392 e. The molecule has 108 valence electrons. The van der Waals surface area contributed by atoms with Crippen LogP contribution >= 0.6 is 0 Å². The van der Waals surface area contributed by atoms with Gasteiger partial charge in [-0.2, -0.15) is 0 Å². The van der Waals surface area contributed by atoms with E-state index >= 15 is 0 Å². The highest BCUT2D eigenvalue weighted by Gasteiger charge is 2.14. The van der Waals surface area contributed by atoms with Crippen LogP contribution in [-0.4, -0.2) is 11.0 Å². The zero-order valence-electron chi connectivity index (χ0n) is 11.6. The standard InChI is InChI=1S/C17H17NO3/c19-9-13-3-1-12(2-4-13)8-18-17(20)14-5-6-15-10-21-11-16(15)7-14/h1-7,19H,8-11H2,(H,18,20). The zero-order valence-corrected chi connectivity index (χ0v) is 11.6. The maximum Gasteiger partial charge on any atom is 0.251 e. The third kappa shape index (κ3) is 3.12. The van der Waals surface area contributed by atoms with Gasteiger partial charge in [0.25, 0.3) is 5.91 Å². The number of carbonyl (C=O) groups excluding carboxylic acids is 1. The lowest BCUT2D eigenvalue weighted by molar-refractivity contribution is 0.0950. The lowest BCUT2D eigenvalue weighted by Crippen LogP contribution is -2.22. The average Bonchev–Trinajstić information content (AvgIpc) is 3.00. The molecule has 0 saturated heterocycles. The second-order valence-electron chi connectivity index (χ2n) is 5.13. The van der Waals surface area contributed by atoms with Crippen LogP contribution in [0.3, 0.4) is 0 Å². The Morgan fingerprint density at radius 1 is 1.05 bits per heavy atom. The van der Waals surface area contributed by atoms with Crippen molar-refractivity contribution in [2.75, 3.05) is 0 Å². The van der Waals surface area contributed by atoms with E-state index in [1.807, 2.05) is 42.5 Å². The zero-order chi connectivity index (χ0) is 14.7. The van der Waals surface area contributed by atoms with Crippen LogP contribution in [0.25, 0.3) is 0 Å². The van der Waals surface area contributed by atoms with Crippen LogP contribution in [0.2, 0.25) is 0 Å². The summed E-state index contributed by atoms with van der Waals surface area (Å²) in [5.41, 5.74) is 4.78. The Morgan fingerprint density at radius 2 is 1.76 bits per heavy atom. The molecule has 0 radical (unpaired) electrons. The number of aliphatic hydroxyl groups is 1. The fraction of sp³-hybridized carbons (Fsp3) is 0.235. The molecule has 21 heavy (non-hydrogen) atoms. The van der Waals surface area contributed by atoms with E-state index in [1.54, 1.807) is 0 Å². The number of hydrogen-bond donors (Lipinski definition) is 2. The first-order chi connectivity index (χ1) is 10.3. The minimum absolute atomic E-state index is 0.0316. The lowest BCUT2D eigenvalue weighted by atomic mass is 10.1. The van der Waals surface area contributed by atoms with Gasteiger partial charge in [-0.15, -0.1) is 0 Å². The fourth-order valence-electron chi connectivity index (χ4n) is 2.36. The number of amides is 1. The van der Waals surface area contributed by atoms with Gasteiger partial charge in [-0.3, -0.25) is 4.79 Å². The highest BCUT2D eigenvalue weighted by atomic mass is 16.5. The second kappa shape index (κ2) is 6.08. The summed E-state index contributed by atoms with van der Waals surface area (Å²) in [6.45, 7) is 1.72. The maximum absolute atomic E-state index is 12.1. The van der Waals surface area contributed by atoms with E-state index in [1.165, 1.54) is 0 Å². The van der Waals surface area contributed by atoms with Crippen LogP contribution in [-0.2, 0) is 31.1 Å². The number of carbonyl (C=O) groups is 1. The Bertz CT molecular complexity index is 650. The number of fused-ring (bicyclic) bond motifs is 1.